The highest BCUT2D eigenvalue weighted by molar-refractivity contribution is 8.14. The molecule has 0 aliphatic heterocycles. The molecule has 1 saturated carbocycles. The summed E-state index contributed by atoms with van der Waals surface area (Å²) in [6, 6.07) is 15.5. The van der Waals surface area contributed by atoms with E-state index in [1.54, 1.807) is 32.9 Å². The third-order valence-electron chi connectivity index (χ3n) is 5.17. The van der Waals surface area contributed by atoms with Crippen LogP contribution in [0.5, 0.6) is 0 Å². The van der Waals surface area contributed by atoms with Crippen molar-refractivity contribution < 1.29 is 23.9 Å². The molecule has 33 heavy (non-hydrogen) atoms. The van der Waals surface area contributed by atoms with Crippen molar-refractivity contribution in [2.45, 2.75) is 75.5 Å². The standard InChI is InChI=1S/C26H31NO5S/c1-26(2,3)32-25(30)27-21(23(28)31-20-14-8-9-15-20)17-19-13-7-10-16-22(19)33-24(29)18-11-5-4-6-12-18/h4-7,10-13,16,20-21H,8-9,14-15,17H2,1-3H3,(H,27,30)/t21-/m0/s1. The van der Waals surface area contributed by atoms with Crippen LogP contribution < -0.4 is 5.32 Å². The molecule has 1 amide bonds. The van der Waals surface area contributed by atoms with E-state index < -0.39 is 23.7 Å². The molecule has 2 aromatic carbocycles. The highest BCUT2D eigenvalue weighted by Crippen LogP contribution is 2.28. The Morgan fingerprint density at radius 3 is 2.30 bits per heavy atom. The van der Waals surface area contributed by atoms with E-state index in [0.29, 0.717) is 5.56 Å². The smallest absolute Gasteiger partial charge is 0.408 e. The molecule has 7 heteroatoms. The fraction of sp³-hybridized carbons (Fsp3) is 0.423. The van der Waals surface area contributed by atoms with Crippen molar-refractivity contribution in [3.63, 3.8) is 0 Å². The van der Waals surface area contributed by atoms with Crippen molar-refractivity contribution in [2.24, 2.45) is 0 Å². The van der Waals surface area contributed by atoms with Crippen LogP contribution in [0.1, 0.15) is 62.4 Å². The van der Waals surface area contributed by atoms with Gasteiger partial charge in [0, 0.05) is 16.9 Å². The van der Waals surface area contributed by atoms with Gasteiger partial charge in [-0.05, 0) is 69.8 Å². The zero-order valence-electron chi connectivity index (χ0n) is 19.3. The summed E-state index contributed by atoms with van der Waals surface area (Å²) in [7, 11) is 0. The minimum atomic E-state index is -0.922. The minimum absolute atomic E-state index is 0.0896. The summed E-state index contributed by atoms with van der Waals surface area (Å²) >= 11 is 1.10. The number of ether oxygens (including phenoxy) is 2. The number of esters is 1. The molecule has 1 N–H and O–H groups in total. The number of hydrogen-bond acceptors (Lipinski definition) is 6. The maximum atomic E-state index is 13.0. The summed E-state index contributed by atoms with van der Waals surface area (Å²) < 4.78 is 11.0. The van der Waals surface area contributed by atoms with Crippen LogP contribution in [-0.4, -0.2) is 34.9 Å². The number of alkyl carbamates (subject to hydrolysis) is 1. The van der Waals surface area contributed by atoms with Gasteiger partial charge in [-0.1, -0.05) is 48.5 Å². The highest BCUT2D eigenvalue weighted by atomic mass is 32.2. The van der Waals surface area contributed by atoms with Crippen LogP contribution >= 0.6 is 11.8 Å². The zero-order chi connectivity index (χ0) is 23.8. The number of carbonyl (C=O) groups is 3. The van der Waals surface area contributed by atoms with Crippen LogP contribution in [0, 0.1) is 0 Å². The van der Waals surface area contributed by atoms with Gasteiger partial charge in [0.05, 0.1) is 0 Å². The van der Waals surface area contributed by atoms with Crippen LogP contribution in [0.2, 0.25) is 0 Å². The Morgan fingerprint density at radius 1 is 1.00 bits per heavy atom. The van der Waals surface area contributed by atoms with E-state index in [1.165, 1.54) is 0 Å². The van der Waals surface area contributed by atoms with Gasteiger partial charge >= 0.3 is 12.1 Å². The van der Waals surface area contributed by atoms with Gasteiger partial charge in [-0.25, -0.2) is 9.59 Å². The van der Waals surface area contributed by atoms with Crippen molar-refractivity contribution in [1.82, 2.24) is 5.32 Å². The van der Waals surface area contributed by atoms with Gasteiger partial charge in [-0.3, -0.25) is 4.79 Å². The van der Waals surface area contributed by atoms with Gasteiger partial charge in [0.1, 0.15) is 17.7 Å². The molecule has 1 aliphatic carbocycles. The summed E-state index contributed by atoms with van der Waals surface area (Å²) in [5.41, 5.74) is 0.678. The average molecular weight is 470 g/mol. The Labute approximate surface area is 199 Å². The van der Waals surface area contributed by atoms with Crippen LogP contribution in [0.4, 0.5) is 4.79 Å². The number of benzene rings is 2. The lowest BCUT2D eigenvalue weighted by Crippen LogP contribution is -2.46. The summed E-state index contributed by atoms with van der Waals surface area (Å²) in [6.45, 7) is 5.29. The van der Waals surface area contributed by atoms with E-state index in [1.807, 2.05) is 42.5 Å². The van der Waals surface area contributed by atoms with Crippen LogP contribution in [0.15, 0.2) is 59.5 Å². The SMILES string of the molecule is CC(C)(C)OC(=O)N[C@@H](Cc1ccccc1SC(=O)c1ccccc1)C(=O)OC1CCCC1. The molecule has 0 bridgehead atoms. The largest absolute Gasteiger partial charge is 0.461 e. The van der Waals surface area contributed by atoms with E-state index >= 15 is 0 Å². The lowest BCUT2D eigenvalue weighted by molar-refractivity contribution is -0.151. The van der Waals surface area contributed by atoms with Gasteiger partial charge in [0.15, 0.2) is 0 Å². The second-order valence-corrected chi connectivity index (χ2v) is 10.1. The highest BCUT2D eigenvalue weighted by Gasteiger charge is 2.29. The number of hydrogen-bond donors (Lipinski definition) is 1. The first-order valence-electron chi connectivity index (χ1n) is 11.3. The number of rotatable bonds is 7. The molecular formula is C26H31NO5S. The van der Waals surface area contributed by atoms with Crippen LogP contribution in [0.25, 0.3) is 0 Å². The molecule has 0 heterocycles. The molecule has 0 radical (unpaired) electrons. The molecule has 0 unspecified atom stereocenters. The maximum Gasteiger partial charge on any atom is 0.408 e. The third kappa shape index (κ3) is 7.93. The second-order valence-electron chi connectivity index (χ2n) is 9.11. The maximum absolute atomic E-state index is 13.0. The fourth-order valence-electron chi connectivity index (χ4n) is 3.62. The molecule has 176 valence electrons. The Morgan fingerprint density at radius 2 is 1.64 bits per heavy atom. The third-order valence-corrected chi connectivity index (χ3v) is 6.21. The first kappa shape index (κ1) is 24.8. The van der Waals surface area contributed by atoms with Crippen molar-refractivity contribution in [3.05, 3.63) is 65.7 Å². The quantitative estimate of drug-likeness (QED) is 0.423. The molecule has 0 spiro atoms. The monoisotopic (exact) mass is 469 g/mol. The van der Waals surface area contributed by atoms with Crippen molar-refractivity contribution in [1.29, 1.82) is 0 Å². The predicted octanol–water partition coefficient (Wildman–Crippen LogP) is 5.54. The van der Waals surface area contributed by atoms with Gasteiger partial charge in [-0.15, -0.1) is 0 Å². The van der Waals surface area contributed by atoms with Crippen molar-refractivity contribution in [2.75, 3.05) is 0 Å². The Balaban J connectivity index is 1.77. The van der Waals surface area contributed by atoms with E-state index in [9.17, 15) is 14.4 Å². The molecule has 0 aromatic heterocycles. The van der Waals surface area contributed by atoms with E-state index in [2.05, 4.69) is 5.32 Å². The number of thioether (sulfide) groups is 1. The molecule has 6 nitrogen and oxygen atoms in total. The fourth-order valence-corrected chi connectivity index (χ4v) is 4.50. The molecule has 0 saturated heterocycles. The van der Waals surface area contributed by atoms with Crippen molar-refractivity contribution >= 4 is 28.9 Å². The number of nitrogens with one attached hydrogen (secondary N) is 1. The number of amides is 1. The first-order valence-corrected chi connectivity index (χ1v) is 12.1. The summed E-state index contributed by atoms with van der Waals surface area (Å²) in [4.78, 5) is 38.9. The molecule has 1 aliphatic rings. The van der Waals surface area contributed by atoms with E-state index in [4.69, 9.17) is 9.47 Å². The summed E-state index contributed by atoms with van der Waals surface area (Å²) in [6.07, 6.45) is 3.12. The number of carbonyl (C=O) groups excluding carboxylic acids is 3. The van der Waals surface area contributed by atoms with Crippen LogP contribution in [0.3, 0.4) is 0 Å². The van der Waals surface area contributed by atoms with Crippen LogP contribution in [-0.2, 0) is 20.7 Å². The molecule has 1 atom stereocenters. The van der Waals surface area contributed by atoms with Gasteiger partial charge in [0.2, 0.25) is 5.12 Å². The lowest BCUT2D eigenvalue weighted by atomic mass is 10.1. The summed E-state index contributed by atoms with van der Waals surface area (Å²) in [5.74, 6) is -0.484. The minimum Gasteiger partial charge on any atom is -0.461 e. The predicted molar refractivity (Wildman–Crippen MR) is 128 cm³/mol. The Hall–Kier alpha value is -2.80. The zero-order valence-corrected chi connectivity index (χ0v) is 20.2. The van der Waals surface area contributed by atoms with E-state index in [0.717, 1.165) is 47.9 Å². The lowest BCUT2D eigenvalue weighted by Gasteiger charge is -2.24. The van der Waals surface area contributed by atoms with E-state index in [-0.39, 0.29) is 17.6 Å². The van der Waals surface area contributed by atoms with Crippen molar-refractivity contribution in [3.8, 4) is 0 Å². The Bertz CT molecular complexity index is 964. The molecule has 3 rings (SSSR count). The molecule has 1 fully saturated rings. The van der Waals surface area contributed by atoms with Gasteiger partial charge < -0.3 is 14.8 Å². The average Bonchev–Trinajstić information content (AvgIpc) is 3.27. The molecular weight excluding hydrogens is 438 g/mol. The summed E-state index contributed by atoms with van der Waals surface area (Å²) in [5, 5.41) is 2.59. The topological polar surface area (TPSA) is 81.7 Å². The molecule has 2 aromatic rings. The van der Waals surface area contributed by atoms with Gasteiger partial charge in [0.25, 0.3) is 0 Å². The Kier molecular flexibility index (Phi) is 8.55. The second kappa shape index (κ2) is 11.4. The first-order chi connectivity index (χ1) is 15.7. The normalized spacial score (nSPS) is 15.0. The van der Waals surface area contributed by atoms with Gasteiger partial charge in [-0.2, -0.15) is 0 Å².